The molecule has 0 saturated heterocycles. The molecule has 6 nitrogen and oxygen atoms in total. The van der Waals surface area contributed by atoms with E-state index in [0.717, 1.165) is 37.7 Å². The topological polar surface area (TPSA) is 84.5 Å². The standard InChI is InChI=1S/C23H27ClN2O4S/c1-30-21-11-10-19(31(28,29)26-18-8-9-18)15-20(21)25-22(27)23(12-3-2-4-13-23)16-6-5-7-17(24)14-16/h5-7,10-11,14-15,18,26H,2-4,8-9,12-13H2,1H3,(H,25,27). The average Bonchev–Trinajstić information content (AvgIpc) is 3.57. The number of carbonyl (C=O) groups excluding carboxylic acids is 1. The molecule has 0 aliphatic heterocycles. The molecule has 8 heteroatoms. The van der Waals surface area contributed by atoms with E-state index in [9.17, 15) is 13.2 Å². The van der Waals surface area contributed by atoms with Gasteiger partial charge in [0.25, 0.3) is 0 Å². The van der Waals surface area contributed by atoms with Gasteiger partial charge in [-0.15, -0.1) is 0 Å². The Kier molecular flexibility index (Phi) is 6.28. The predicted molar refractivity (Wildman–Crippen MR) is 121 cm³/mol. The lowest BCUT2D eigenvalue weighted by atomic mass is 9.68. The van der Waals surface area contributed by atoms with Gasteiger partial charge in [-0.3, -0.25) is 4.79 Å². The van der Waals surface area contributed by atoms with Gasteiger partial charge in [-0.25, -0.2) is 13.1 Å². The zero-order valence-electron chi connectivity index (χ0n) is 17.5. The summed E-state index contributed by atoms with van der Waals surface area (Å²) >= 11 is 6.23. The number of methoxy groups -OCH3 is 1. The van der Waals surface area contributed by atoms with Gasteiger partial charge in [-0.2, -0.15) is 0 Å². The molecule has 2 saturated carbocycles. The fourth-order valence-corrected chi connectivity index (χ4v) is 5.79. The zero-order valence-corrected chi connectivity index (χ0v) is 19.1. The van der Waals surface area contributed by atoms with E-state index >= 15 is 0 Å². The summed E-state index contributed by atoms with van der Waals surface area (Å²) in [6, 6.07) is 12.0. The van der Waals surface area contributed by atoms with Crippen LogP contribution in [0.4, 0.5) is 5.69 Å². The highest BCUT2D eigenvalue weighted by Crippen LogP contribution is 2.42. The molecule has 4 rings (SSSR count). The van der Waals surface area contributed by atoms with Crippen molar-refractivity contribution in [1.82, 2.24) is 4.72 Å². The predicted octanol–water partition coefficient (Wildman–Crippen LogP) is 4.63. The van der Waals surface area contributed by atoms with E-state index in [1.165, 1.54) is 19.2 Å². The number of halogens is 1. The number of benzene rings is 2. The third-order valence-corrected chi connectivity index (χ3v) is 7.90. The molecule has 2 aromatic rings. The van der Waals surface area contributed by atoms with Crippen molar-refractivity contribution in [3.05, 3.63) is 53.1 Å². The molecule has 0 aromatic heterocycles. The van der Waals surface area contributed by atoms with E-state index in [1.807, 2.05) is 18.2 Å². The second-order valence-corrected chi connectivity index (χ2v) is 10.5. The molecule has 31 heavy (non-hydrogen) atoms. The van der Waals surface area contributed by atoms with Gasteiger partial charge < -0.3 is 10.1 Å². The molecular formula is C23H27ClN2O4S. The molecule has 1 amide bonds. The van der Waals surface area contributed by atoms with Crippen molar-refractivity contribution < 1.29 is 17.9 Å². The summed E-state index contributed by atoms with van der Waals surface area (Å²) in [4.78, 5) is 13.8. The van der Waals surface area contributed by atoms with Gasteiger partial charge in [-0.1, -0.05) is 43.0 Å². The molecule has 0 radical (unpaired) electrons. The number of ether oxygens (including phenoxy) is 1. The number of hydrogen-bond acceptors (Lipinski definition) is 4. The Hall–Kier alpha value is -2.09. The summed E-state index contributed by atoms with van der Waals surface area (Å²) in [5.41, 5.74) is 0.517. The largest absolute Gasteiger partial charge is 0.495 e. The van der Waals surface area contributed by atoms with E-state index in [4.69, 9.17) is 16.3 Å². The van der Waals surface area contributed by atoms with E-state index in [-0.39, 0.29) is 16.8 Å². The van der Waals surface area contributed by atoms with Gasteiger partial charge in [0.2, 0.25) is 15.9 Å². The number of hydrogen-bond donors (Lipinski definition) is 2. The molecule has 0 heterocycles. The summed E-state index contributed by atoms with van der Waals surface area (Å²) in [6.45, 7) is 0. The van der Waals surface area contributed by atoms with Crippen molar-refractivity contribution in [3.63, 3.8) is 0 Å². The van der Waals surface area contributed by atoms with Crippen molar-refractivity contribution in [2.75, 3.05) is 12.4 Å². The van der Waals surface area contributed by atoms with Crippen LogP contribution in [0.25, 0.3) is 0 Å². The molecule has 0 spiro atoms. The minimum atomic E-state index is -3.65. The van der Waals surface area contributed by atoms with Crippen LogP contribution in [-0.2, 0) is 20.2 Å². The fraction of sp³-hybridized carbons (Fsp3) is 0.435. The quantitative estimate of drug-likeness (QED) is 0.628. The lowest BCUT2D eigenvalue weighted by molar-refractivity contribution is -0.122. The van der Waals surface area contributed by atoms with Crippen LogP contribution in [0.1, 0.15) is 50.5 Å². The summed E-state index contributed by atoms with van der Waals surface area (Å²) in [5.74, 6) is 0.244. The molecule has 0 bridgehead atoms. The van der Waals surface area contributed by atoms with Gasteiger partial charge in [0.05, 0.1) is 23.1 Å². The maximum atomic E-state index is 13.6. The maximum Gasteiger partial charge on any atom is 0.240 e. The number of nitrogens with one attached hydrogen (secondary N) is 2. The van der Waals surface area contributed by atoms with Crippen LogP contribution in [0.15, 0.2) is 47.4 Å². The number of rotatable bonds is 7. The van der Waals surface area contributed by atoms with Gasteiger partial charge in [0.15, 0.2) is 0 Å². The molecule has 2 N–H and O–H groups in total. The summed E-state index contributed by atoms with van der Waals surface area (Å²) in [7, 11) is -2.16. The molecule has 0 unspecified atom stereocenters. The van der Waals surface area contributed by atoms with Crippen molar-refractivity contribution in [2.24, 2.45) is 0 Å². The highest BCUT2D eigenvalue weighted by atomic mass is 35.5. The van der Waals surface area contributed by atoms with Gasteiger partial charge >= 0.3 is 0 Å². The molecule has 2 aliphatic rings. The minimum Gasteiger partial charge on any atom is -0.495 e. The van der Waals surface area contributed by atoms with Gasteiger partial charge in [0, 0.05) is 11.1 Å². The molecule has 166 valence electrons. The molecule has 2 fully saturated rings. The average molecular weight is 463 g/mol. The van der Waals surface area contributed by atoms with Gasteiger partial charge in [-0.05, 0) is 61.6 Å². The Bertz CT molecular complexity index is 1080. The number of amides is 1. The van der Waals surface area contributed by atoms with Crippen LogP contribution < -0.4 is 14.8 Å². The third-order valence-electron chi connectivity index (χ3n) is 6.15. The van der Waals surface area contributed by atoms with Crippen LogP contribution >= 0.6 is 11.6 Å². The lowest BCUT2D eigenvalue weighted by Crippen LogP contribution is -2.42. The van der Waals surface area contributed by atoms with Crippen molar-refractivity contribution in [2.45, 2.75) is 61.3 Å². The molecule has 2 aromatic carbocycles. The van der Waals surface area contributed by atoms with Crippen LogP contribution in [0, 0.1) is 0 Å². The van der Waals surface area contributed by atoms with E-state index in [0.29, 0.717) is 29.3 Å². The Morgan fingerprint density at radius 3 is 2.48 bits per heavy atom. The Labute approximate surface area is 188 Å². The highest BCUT2D eigenvalue weighted by molar-refractivity contribution is 7.89. The number of anilines is 1. The van der Waals surface area contributed by atoms with Crippen molar-refractivity contribution in [3.8, 4) is 5.75 Å². The Morgan fingerprint density at radius 1 is 1.10 bits per heavy atom. The van der Waals surface area contributed by atoms with E-state index < -0.39 is 15.4 Å². The van der Waals surface area contributed by atoms with Crippen LogP contribution in [0.5, 0.6) is 5.75 Å². The number of carbonyl (C=O) groups is 1. The van der Waals surface area contributed by atoms with Crippen LogP contribution in [0.2, 0.25) is 5.02 Å². The third kappa shape index (κ3) is 4.73. The fourth-order valence-electron chi connectivity index (χ4n) is 4.27. The van der Waals surface area contributed by atoms with Crippen molar-refractivity contribution in [1.29, 1.82) is 0 Å². The molecule has 0 atom stereocenters. The minimum absolute atomic E-state index is 0.00141. The second-order valence-electron chi connectivity index (χ2n) is 8.36. The summed E-state index contributed by atoms with van der Waals surface area (Å²) in [6.07, 6.45) is 6.08. The van der Waals surface area contributed by atoms with E-state index in [2.05, 4.69) is 10.0 Å². The van der Waals surface area contributed by atoms with Gasteiger partial charge in [0.1, 0.15) is 5.75 Å². The molecular weight excluding hydrogens is 436 g/mol. The van der Waals surface area contributed by atoms with Crippen LogP contribution in [-0.4, -0.2) is 27.5 Å². The van der Waals surface area contributed by atoms with E-state index in [1.54, 1.807) is 12.1 Å². The first kappa shape index (κ1) is 22.1. The summed E-state index contributed by atoms with van der Waals surface area (Å²) in [5, 5.41) is 3.56. The summed E-state index contributed by atoms with van der Waals surface area (Å²) < 4.78 is 33.4. The second kappa shape index (κ2) is 8.81. The first-order chi connectivity index (χ1) is 14.8. The first-order valence-corrected chi connectivity index (χ1v) is 12.5. The first-order valence-electron chi connectivity index (χ1n) is 10.6. The van der Waals surface area contributed by atoms with Crippen molar-refractivity contribution >= 4 is 33.2 Å². The zero-order chi connectivity index (χ0) is 22.1. The number of sulfonamides is 1. The van der Waals surface area contributed by atoms with Crippen LogP contribution in [0.3, 0.4) is 0 Å². The highest BCUT2D eigenvalue weighted by Gasteiger charge is 2.41. The monoisotopic (exact) mass is 462 g/mol. The Morgan fingerprint density at radius 2 is 1.84 bits per heavy atom. The molecule has 2 aliphatic carbocycles. The smallest absolute Gasteiger partial charge is 0.240 e. The maximum absolute atomic E-state index is 13.6. The Balaban J connectivity index is 1.67. The lowest BCUT2D eigenvalue weighted by Gasteiger charge is -2.36. The SMILES string of the molecule is COc1ccc(S(=O)(=O)NC2CC2)cc1NC(=O)C1(c2cccc(Cl)c2)CCCCC1. The normalized spacial score (nSPS) is 18.4.